The lowest BCUT2D eigenvalue weighted by Gasteiger charge is -2.10. The molecule has 1 aromatic carbocycles. The average Bonchev–Trinajstić information content (AvgIpc) is 3.01. The molecule has 2 aromatic rings. The van der Waals surface area contributed by atoms with Crippen LogP contribution >= 0.6 is 56.9 Å². The minimum Gasteiger partial charge on any atom is -0.487 e. The zero-order chi connectivity index (χ0) is 18.4. The van der Waals surface area contributed by atoms with E-state index in [1.165, 1.54) is 0 Å². The second-order valence-corrected chi connectivity index (χ2v) is 8.08. The van der Waals surface area contributed by atoms with E-state index in [0.717, 1.165) is 36.0 Å². The van der Waals surface area contributed by atoms with Crippen LogP contribution in [0.2, 0.25) is 0 Å². The Morgan fingerprint density at radius 1 is 1.44 bits per heavy atom. The molecule has 132 valence electrons. The van der Waals surface area contributed by atoms with E-state index in [-0.39, 0.29) is 4.91 Å². The number of carbonyl (C=O) groups is 1. The van der Waals surface area contributed by atoms with Crippen molar-refractivity contribution in [2.45, 2.75) is 18.5 Å². The lowest BCUT2D eigenvalue weighted by Crippen LogP contribution is -2.00. The van der Waals surface area contributed by atoms with Crippen molar-refractivity contribution >= 4 is 69.0 Å². The predicted octanol–water partition coefficient (Wildman–Crippen LogP) is 4.36. The summed E-state index contributed by atoms with van der Waals surface area (Å²) in [5.41, 5.74) is 0.774. The number of H-pyrrole nitrogens is 1. The van der Waals surface area contributed by atoms with E-state index in [9.17, 15) is 9.90 Å². The van der Waals surface area contributed by atoms with Crippen LogP contribution in [0, 0.1) is 7.14 Å². The fourth-order valence-corrected chi connectivity index (χ4v) is 4.66. The van der Waals surface area contributed by atoms with Gasteiger partial charge >= 0.3 is 5.97 Å². The van der Waals surface area contributed by atoms with Gasteiger partial charge in [0.25, 0.3) is 0 Å². The van der Waals surface area contributed by atoms with Crippen molar-refractivity contribution in [3.05, 3.63) is 48.2 Å². The number of aliphatic carboxylic acids is 1. The Bertz CT molecular complexity index is 798. The minimum atomic E-state index is -1.02. The first kappa shape index (κ1) is 20.2. The second-order valence-electron chi connectivity index (χ2n) is 4.75. The van der Waals surface area contributed by atoms with Crippen molar-refractivity contribution < 1.29 is 14.6 Å². The summed E-state index contributed by atoms with van der Waals surface area (Å²) < 4.78 is 7.44. The van der Waals surface area contributed by atoms with Crippen LogP contribution in [0.4, 0.5) is 0 Å². The smallest absolute Gasteiger partial charge is 0.342 e. The summed E-state index contributed by atoms with van der Waals surface area (Å²) in [6.45, 7) is 6.00. The number of aryl methyl sites for hydroxylation is 1. The molecule has 0 unspecified atom stereocenters. The van der Waals surface area contributed by atoms with E-state index in [2.05, 4.69) is 66.9 Å². The Labute approximate surface area is 176 Å². The van der Waals surface area contributed by atoms with Gasteiger partial charge in [-0.15, -0.1) is 5.10 Å². The summed E-state index contributed by atoms with van der Waals surface area (Å²) in [5.74, 6) is 0.467. The summed E-state index contributed by atoms with van der Waals surface area (Å²) >= 11 is 5.36. The Hall–Kier alpha value is -1.08. The summed E-state index contributed by atoms with van der Waals surface area (Å²) in [6.07, 6.45) is 4.00. The number of aromatic nitrogens is 3. The third kappa shape index (κ3) is 5.71. The van der Waals surface area contributed by atoms with Gasteiger partial charge in [-0.1, -0.05) is 19.6 Å². The minimum absolute atomic E-state index is 0.146. The number of nitrogens with one attached hydrogen (secondary N) is 1. The topological polar surface area (TPSA) is 88.1 Å². The van der Waals surface area contributed by atoms with Crippen LogP contribution in [0.5, 0.6) is 5.75 Å². The molecule has 1 heterocycles. The average molecular weight is 583 g/mol. The molecule has 0 saturated carbocycles. The summed E-state index contributed by atoms with van der Waals surface area (Å²) in [4.78, 5) is 15.9. The summed E-state index contributed by atoms with van der Waals surface area (Å²) in [5, 5.41) is 16.7. The van der Waals surface area contributed by atoms with E-state index >= 15 is 0 Å². The van der Waals surface area contributed by atoms with E-state index in [4.69, 9.17) is 4.74 Å². The van der Waals surface area contributed by atoms with Crippen LogP contribution in [-0.2, 0) is 11.2 Å². The molecule has 6 nitrogen and oxygen atoms in total. The predicted molar refractivity (Wildman–Crippen MR) is 115 cm³/mol. The Morgan fingerprint density at radius 3 is 2.64 bits per heavy atom. The zero-order valence-corrected chi connectivity index (χ0v) is 18.4. The van der Waals surface area contributed by atoms with Crippen molar-refractivity contribution in [3.8, 4) is 5.75 Å². The van der Waals surface area contributed by atoms with Gasteiger partial charge in [0.05, 0.1) is 7.14 Å². The highest BCUT2D eigenvalue weighted by atomic mass is 127. The third-order valence-electron chi connectivity index (χ3n) is 2.92. The quantitative estimate of drug-likeness (QED) is 0.208. The normalized spacial score (nSPS) is 11.4. The Balaban J connectivity index is 2.30. The molecule has 1 aromatic heterocycles. The number of ether oxygens (including phenoxy) is 1. The fraction of sp³-hybridized carbons (Fsp3) is 0.188. The van der Waals surface area contributed by atoms with Gasteiger partial charge in [0.15, 0.2) is 0 Å². The van der Waals surface area contributed by atoms with E-state index in [1.807, 2.05) is 19.1 Å². The third-order valence-corrected chi connectivity index (χ3v) is 5.40. The molecule has 0 atom stereocenters. The molecule has 0 aliphatic rings. The van der Waals surface area contributed by atoms with Crippen LogP contribution < -0.4 is 4.74 Å². The molecule has 0 bridgehead atoms. The standard InChI is InChI=1S/C16H15I2N3O3S/c1-3-5-24-14-10(17)6-9(7-11(14)18)8-12(15(22)23)25-16-19-13(4-2)20-21-16/h3,6-8H,1,4-5H2,2H3,(H,22,23)(H,19,20,21)/b12-8-. The highest BCUT2D eigenvalue weighted by Crippen LogP contribution is 2.32. The van der Waals surface area contributed by atoms with E-state index in [1.54, 1.807) is 12.2 Å². The van der Waals surface area contributed by atoms with Gasteiger partial charge < -0.3 is 9.84 Å². The molecule has 0 saturated heterocycles. The number of nitrogens with zero attached hydrogens (tertiary/aromatic N) is 2. The van der Waals surface area contributed by atoms with Gasteiger partial charge in [-0.3, -0.25) is 5.10 Å². The van der Waals surface area contributed by atoms with Crippen LogP contribution in [-0.4, -0.2) is 32.9 Å². The Morgan fingerprint density at radius 2 is 2.12 bits per heavy atom. The fourth-order valence-electron chi connectivity index (χ4n) is 1.81. The van der Waals surface area contributed by atoms with Crippen molar-refractivity contribution in [2.24, 2.45) is 0 Å². The lowest BCUT2D eigenvalue weighted by molar-refractivity contribution is -0.131. The highest BCUT2D eigenvalue weighted by Gasteiger charge is 2.15. The van der Waals surface area contributed by atoms with Gasteiger partial charge in [-0.2, -0.15) is 0 Å². The lowest BCUT2D eigenvalue weighted by atomic mass is 10.2. The number of hydrogen-bond acceptors (Lipinski definition) is 5. The first-order valence-corrected chi connectivity index (χ1v) is 10.2. The monoisotopic (exact) mass is 583 g/mol. The van der Waals surface area contributed by atoms with Gasteiger partial charge in [-0.05, 0) is 80.7 Å². The van der Waals surface area contributed by atoms with Gasteiger partial charge in [0, 0.05) is 6.42 Å². The molecule has 0 spiro atoms. The Kier molecular flexibility index (Phi) is 7.75. The summed E-state index contributed by atoms with van der Waals surface area (Å²) in [6, 6.07) is 3.75. The summed E-state index contributed by atoms with van der Waals surface area (Å²) in [7, 11) is 0. The molecule has 0 aliphatic heterocycles. The molecular formula is C16H15I2N3O3S. The molecule has 0 aliphatic carbocycles. The number of carboxylic acid groups (broad SMARTS) is 1. The first-order valence-electron chi connectivity index (χ1n) is 7.21. The maximum atomic E-state index is 11.6. The molecule has 25 heavy (non-hydrogen) atoms. The number of carboxylic acids is 1. The van der Waals surface area contributed by atoms with Crippen LogP contribution in [0.3, 0.4) is 0 Å². The SMILES string of the molecule is C=CCOc1c(I)cc(/C=C(\Sc2n[nH]c(CC)n2)C(=O)O)cc1I. The number of halogens is 2. The van der Waals surface area contributed by atoms with Crippen LogP contribution in [0.1, 0.15) is 18.3 Å². The molecule has 9 heteroatoms. The highest BCUT2D eigenvalue weighted by molar-refractivity contribution is 14.1. The van der Waals surface area contributed by atoms with Crippen molar-refractivity contribution in [2.75, 3.05) is 6.61 Å². The van der Waals surface area contributed by atoms with Gasteiger partial charge in [-0.25, -0.2) is 9.78 Å². The van der Waals surface area contributed by atoms with Crippen LogP contribution in [0.25, 0.3) is 6.08 Å². The second kappa shape index (κ2) is 9.57. The molecular weight excluding hydrogens is 568 g/mol. The molecule has 0 fully saturated rings. The largest absolute Gasteiger partial charge is 0.487 e. The van der Waals surface area contributed by atoms with Gasteiger partial charge in [0.1, 0.15) is 23.1 Å². The molecule has 0 radical (unpaired) electrons. The molecule has 2 rings (SSSR count). The molecule has 0 amide bonds. The van der Waals surface area contributed by atoms with E-state index < -0.39 is 5.97 Å². The van der Waals surface area contributed by atoms with E-state index in [0.29, 0.717) is 18.2 Å². The van der Waals surface area contributed by atoms with Gasteiger partial charge in [0.2, 0.25) is 5.16 Å². The zero-order valence-electron chi connectivity index (χ0n) is 13.3. The number of benzene rings is 1. The van der Waals surface area contributed by atoms with Crippen molar-refractivity contribution in [1.82, 2.24) is 15.2 Å². The first-order chi connectivity index (χ1) is 11.9. The number of rotatable bonds is 8. The number of thioether (sulfide) groups is 1. The van der Waals surface area contributed by atoms with Crippen molar-refractivity contribution in [3.63, 3.8) is 0 Å². The van der Waals surface area contributed by atoms with Crippen LogP contribution in [0.15, 0.2) is 34.8 Å². The molecule has 2 N–H and O–H groups in total. The maximum absolute atomic E-state index is 11.6. The number of aromatic amines is 1. The number of hydrogen-bond donors (Lipinski definition) is 2. The van der Waals surface area contributed by atoms with Crippen molar-refractivity contribution in [1.29, 1.82) is 0 Å². The maximum Gasteiger partial charge on any atom is 0.342 e.